The zero-order valence-corrected chi connectivity index (χ0v) is 11.1. The molecule has 0 fully saturated rings. The van der Waals surface area contributed by atoms with Gasteiger partial charge in [-0.15, -0.1) is 0 Å². The molecule has 2 N–H and O–H groups in total. The molecular formula is C16H17FN2O. The van der Waals surface area contributed by atoms with Crippen LogP contribution in [-0.2, 0) is 17.9 Å². The van der Waals surface area contributed by atoms with Crippen LogP contribution in [0.3, 0.4) is 0 Å². The summed E-state index contributed by atoms with van der Waals surface area (Å²) in [6.45, 7) is 1.31. The van der Waals surface area contributed by atoms with E-state index in [0.717, 1.165) is 11.1 Å². The van der Waals surface area contributed by atoms with Gasteiger partial charge in [-0.05, 0) is 23.3 Å². The molecule has 0 saturated carbocycles. The van der Waals surface area contributed by atoms with Crippen LogP contribution in [0.5, 0.6) is 0 Å². The minimum atomic E-state index is -0.255. The fourth-order valence-electron chi connectivity index (χ4n) is 1.78. The van der Waals surface area contributed by atoms with E-state index in [1.165, 1.54) is 12.1 Å². The summed E-state index contributed by atoms with van der Waals surface area (Å²) in [6.07, 6.45) is 0. The van der Waals surface area contributed by atoms with Gasteiger partial charge in [0.05, 0.1) is 6.54 Å². The van der Waals surface area contributed by atoms with Crippen molar-refractivity contribution in [1.82, 2.24) is 10.6 Å². The maximum Gasteiger partial charge on any atom is 0.234 e. The van der Waals surface area contributed by atoms with Crippen molar-refractivity contribution < 1.29 is 9.18 Å². The van der Waals surface area contributed by atoms with Gasteiger partial charge in [0.1, 0.15) is 5.82 Å². The predicted octanol–water partition coefficient (Wildman–Crippen LogP) is 2.23. The summed E-state index contributed by atoms with van der Waals surface area (Å²) in [5.41, 5.74) is 2.02. The molecule has 0 radical (unpaired) electrons. The molecule has 0 aliphatic carbocycles. The van der Waals surface area contributed by atoms with Gasteiger partial charge in [-0.1, -0.05) is 42.5 Å². The van der Waals surface area contributed by atoms with E-state index in [0.29, 0.717) is 13.1 Å². The third-order valence-corrected chi connectivity index (χ3v) is 2.86. The van der Waals surface area contributed by atoms with Crippen molar-refractivity contribution in [2.75, 3.05) is 6.54 Å². The highest BCUT2D eigenvalue weighted by molar-refractivity contribution is 5.77. The first kappa shape index (κ1) is 14.2. The van der Waals surface area contributed by atoms with Crippen molar-refractivity contribution in [3.63, 3.8) is 0 Å². The average molecular weight is 272 g/mol. The molecule has 20 heavy (non-hydrogen) atoms. The molecule has 2 aromatic rings. The molecule has 0 unspecified atom stereocenters. The van der Waals surface area contributed by atoms with Gasteiger partial charge in [0.25, 0.3) is 0 Å². The molecule has 0 heterocycles. The number of carbonyl (C=O) groups excluding carboxylic acids is 1. The molecule has 0 atom stereocenters. The Balaban J connectivity index is 1.66. The first-order chi connectivity index (χ1) is 9.74. The molecular weight excluding hydrogens is 255 g/mol. The summed E-state index contributed by atoms with van der Waals surface area (Å²) in [5, 5.41) is 5.86. The Morgan fingerprint density at radius 1 is 0.900 bits per heavy atom. The highest BCUT2D eigenvalue weighted by atomic mass is 19.1. The van der Waals surface area contributed by atoms with Gasteiger partial charge < -0.3 is 10.6 Å². The van der Waals surface area contributed by atoms with Crippen LogP contribution in [0.2, 0.25) is 0 Å². The fourth-order valence-corrected chi connectivity index (χ4v) is 1.78. The molecule has 104 valence electrons. The molecule has 0 bridgehead atoms. The molecule has 0 saturated heterocycles. The number of amides is 1. The van der Waals surface area contributed by atoms with Crippen molar-refractivity contribution in [3.8, 4) is 0 Å². The smallest absolute Gasteiger partial charge is 0.234 e. The summed E-state index contributed by atoms with van der Waals surface area (Å²) >= 11 is 0. The lowest BCUT2D eigenvalue weighted by atomic mass is 10.2. The fraction of sp³-hybridized carbons (Fsp3) is 0.188. The second-order valence-corrected chi connectivity index (χ2v) is 4.49. The van der Waals surface area contributed by atoms with Crippen LogP contribution in [0.25, 0.3) is 0 Å². The average Bonchev–Trinajstić information content (AvgIpc) is 2.48. The summed E-state index contributed by atoms with van der Waals surface area (Å²) in [6, 6.07) is 16.0. The van der Waals surface area contributed by atoms with E-state index in [1.54, 1.807) is 12.1 Å². The van der Waals surface area contributed by atoms with Gasteiger partial charge in [0.2, 0.25) is 5.91 Å². The minimum Gasteiger partial charge on any atom is -0.351 e. The summed E-state index contributed by atoms with van der Waals surface area (Å²) in [4.78, 5) is 11.6. The molecule has 1 amide bonds. The van der Waals surface area contributed by atoms with Crippen LogP contribution in [0.1, 0.15) is 11.1 Å². The zero-order chi connectivity index (χ0) is 14.2. The van der Waals surface area contributed by atoms with Crippen molar-refractivity contribution in [2.24, 2.45) is 0 Å². The van der Waals surface area contributed by atoms with Crippen molar-refractivity contribution in [2.45, 2.75) is 13.1 Å². The lowest BCUT2D eigenvalue weighted by Gasteiger charge is -2.07. The van der Waals surface area contributed by atoms with E-state index < -0.39 is 0 Å². The Bertz CT molecular complexity index is 540. The SMILES string of the molecule is O=C(CNCc1ccc(F)cc1)NCc1ccccc1. The highest BCUT2D eigenvalue weighted by Gasteiger charge is 2.01. The molecule has 2 rings (SSSR count). The zero-order valence-electron chi connectivity index (χ0n) is 11.1. The third kappa shape index (κ3) is 4.82. The number of carbonyl (C=O) groups is 1. The van der Waals surface area contributed by atoms with E-state index >= 15 is 0 Å². The molecule has 0 aliphatic heterocycles. The predicted molar refractivity (Wildman–Crippen MR) is 76.4 cm³/mol. The molecule has 4 heteroatoms. The Morgan fingerprint density at radius 2 is 1.55 bits per heavy atom. The van der Waals surface area contributed by atoms with Crippen molar-refractivity contribution >= 4 is 5.91 Å². The van der Waals surface area contributed by atoms with E-state index in [-0.39, 0.29) is 18.3 Å². The number of rotatable bonds is 6. The van der Waals surface area contributed by atoms with Crippen LogP contribution in [0.4, 0.5) is 4.39 Å². The third-order valence-electron chi connectivity index (χ3n) is 2.86. The summed E-state index contributed by atoms with van der Waals surface area (Å²) in [7, 11) is 0. The first-order valence-electron chi connectivity index (χ1n) is 6.50. The Morgan fingerprint density at radius 3 is 2.25 bits per heavy atom. The lowest BCUT2D eigenvalue weighted by molar-refractivity contribution is -0.120. The van der Waals surface area contributed by atoms with E-state index in [1.807, 2.05) is 30.3 Å². The van der Waals surface area contributed by atoms with Gasteiger partial charge in [0, 0.05) is 13.1 Å². The number of halogens is 1. The second-order valence-electron chi connectivity index (χ2n) is 4.49. The van der Waals surface area contributed by atoms with E-state index in [4.69, 9.17) is 0 Å². The van der Waals surface area contributed by atoms with Crippen LogP contribution in [0.15, 0.2) is 54.6 Å². The topological polar surface area (TPSA) is 41.1 Å². The van der Waals surface area contributed by atoms with Crippen LogP contribution in [0, 0.1) is 5.82 Å². The van der Waals surface area contributed by atoms with Crippen LogP contribution >= 0.6 is 0 Å². The molecule has 0 spiro atoms. The molecule has 0 aliphatic rings. The lowest BCUT2D eigenvalue weighted by Crippen LogP contribution is -2.33. The number of nitrogens with one attached hydrogen (secondary N) is 2. The van der Waals surface area contributed by atoms with E-state index in [9.17, 15) is 9.18 Å². The first-order valence-corrected chi connectivity index (χ1v) is 6.50. The van der Waals surface area contributed by atoms with Crippen molar-refractivity contribution in [3.05, 3.63) is 71.5 Å². The van der Waals surface area contributed by atoms with Gasteiger partial charge >= 0.3 is 0 Å². The maximum atomic E-state index is 12.7. The largest absolute Gasteiger partial charge is 0.351 e. The van der Waals surface area contributed by atoms with Gasteiger partial charge in [-0.2, -0.15) is 0 Å². The summed E-state index contributed by atoms with van der Waals surface area (Å²) < 4.78 is 12.7. The molecule has 3 nitrogen and oxygen atoms in total. The molecule has 2 aromatic carbocycles. The monoisotopic (exact) mass is 272 g/mol. The molecule has 0 aromatic heterocycles. The highest BCUT2D eigenvalue weighted by Crippen LogP contribution is 2.01. The van der Waals surface area contributed by atoms with Crippen LogP contribution < -0.4 is 10.6 Å². The van der Waals surface area contributed by atoms with Crippen LogP contribution in [-0.4, -0.2) is 12.5 Å². The maximum absolute atomic E-state index is 12.7. The van der Waals surface area contributed by atoms with Gasteiger partial charge in [-0.3, -0.25) is 4.79 Å². The quantitative estimate of drug-likeness (QED) is 0.846. The standard InChI is InChI=1S/C16H17FN2O/c17-15-8-6-14(7-9-15)10-18-12-16(20)19-11-13-4-2-1-3-5-13/h1-9,18H,10-12H2,(H,19,20). The van der Waals surface area contributed by atoms with Crippen molar-refractivity contribution in [1.29, 1.82) is 0 Å². The van der Waals surface area contributed by atoms with Gasteiger partial charge in [-0.25, -0.2) is 4.39 Å². The Hall–Kier alpha value is -2.20. The number of benzene rings is 2. The minimum absolute atomic E-state index is 0.0593. The second kappa shape index (κ2) is 7.40. The number of hydrogen-bond acceptors (Lipinski definition) is 2. The normalized spacial score (nSPS) is 10.2. The number of hydrogen-bond donors (Lipinski definition) is 2. The Labute approximate surface area is 117 Å². The van der Waals surface area contributed by atoms with Gasteiger partial charge in [0.15, 0.2) is 0 Å². The summed E-state index contributed by atoms with van der Waals surface area (Å²) in [5.74, 6) is -0.315. The van der Waals surface area contributed by atoms with E-state index in [2.05, 4.69) is 10.6 Å². The Kier molecular flexibility index (Phi) is 5.26.